The summed E-state index contributed by atoms with van der Waals surface area (Å²) in [6.45, 7) is 3.19. The summed E-state index contributed by atoms with van der Waals surface area (Å²) >= 11 is 11.0. The molecule has 0 saturated heterocycles. The van der Waals surface area contributed by atoms with E-state index in [0.717, 1.165) is 30.5 Å². The number of thiocarbonyl (C=S) groups is 1. The van der Waals surface area contributed by atoms with E-state index in [1.807, 2.05) is 12.1 Å². The monoisotopic (exact) mass is 546 g/mol. The molecule has 4 rings (SSSR count). The average Bonchev–Trinajstić information content (AvgIpc) is 2.93. The number of rotatable bonds is 11. The third-order valence-electron chi connectivity index (χ3n) is 5.67. The van der Waals surface area contributed by atoms with Crippen LogP contribution < -0.4 is 0 Å². The number of hydrogen-bond acceptors (Lipinski definition) is 5. The van der Waals surface area contributed by atoms with E-state index < -0.39 is 0 Å². The van der Waals surface area contributed by atoms with Crippen LogP contribution in [0, 0.1) is 0 Å². The van der Waals surface area contributed by atoms with E-state index in [0.29, 0.717) is 0 Å². The molecule has 4 aromatic carbocycles. The maximum atomic E-state index is 5.95. The van der Waals surface area contributed by atoms with Gasteiger partial charge < -0.3 is 4.90 Å². The van der Waals surface area contributed by atoms with Crippen molar-refractivity contribution in [3.8, 4) is 0 Å². The first kappa shape index (κ1) is 26.8. The van der Waals surface area contributed by atoms with Gasteiger partial charge in [-0.1, -0.05) is 144 Å². The van der Waals surface area contributed by atoms with Crippen molar-refractivity contribution in [2.24, 2.45) is 0 Å². The van der Waals surface area contributed by atoms with Crippen molar-refractivity contribution in [3.05, 3.63) is 144 Å². The van der Waals surface area contributed by atoms with Crippen molar-refractivity contribution in [1.29, 1.82) is 0 Å². The van der Waals surface area contributed by atoms with Crippen molar-refractivity contribution in [2.45, 2.75) is 30.9 Å². The summed E-state index contributed by atoms with van der Waals surface area (Å²) in [4.78, 5) is 4.66. The molecule has 0 amide bonds. The molecule has 0 saturated carbocycles. The van der Waals surface area contributed by atoms with Crippen LogP contribution in [0.4, 0.5) is 0 Å². The van der Waals surface area contributed by atoms with Crippen LogP contribution in [0.5, 0.6) is 0 Å². The first-order valence-corrected chi connectivity index (χ1v) is 15.0. The number of nitrogens with zero attached hydrogens (tertiary/aromatic N) is 2. The van der Waals surface area contributed by atoms with Crippen molar-refractivity contribution in [3.63, 3.8) is 0 Å². The zero-order valence-electron chi connectivity index (χ0n) is 20.0. The highest BCUT2D eigenvalue weighted by Gasteiger charge is 2.20. The molecule has 184 valence electrons. The lowest BCUT2D eigenvalue weighted by atomic mass is 10.2. The molecule has 0 radical (unpaired) electrons. The minimum Gasteiger partial charge on any atom is -0.348 e. The van der Waals surface area contributed by atoms with Gasteiger partial charge in [0.2, 0.25) is 0 Å². The molecule has 2 nitrogen and oxygen atoms in total. The lowest BCUT2D eigenvalue weighted by molar-refractivity contribution is 0.289. The average molecular weight is 547 g/mol. The lowest BCUT2D eigenvalue weighted by Gasteiger charge is -2.29. The fourth-order valence-electron chi connectivity index (χ4n) is 3.84. The second-order valence-corrected chi connectivity index (χ2v) is 12.2. The summed E-state index contributed by atoms with van der Waals surface area (Å²) in [5, 5.41) is 0. The molecule has 0 N–H and O–H groups in total. The Morgan fingerprint density at radius 3 is 1.28 bits per heavy atom. The Balaban J connectivity index is 1.43. The molecular weight excluding hydrogens is 517 g/mol. The highest BCUT2D eigenvalue weighted by molar-refractivity contribution is 8.84. The minimum atomic E-state index is -0.0244. The molecule has 0 aliphatic rings. The van der Waals surface area contributed by atoms with Gasteiger partial charge in [-0.25, -0.2) is 0 Å². The molecule has 0 bridgehead atoms. The summed E-state index contributed by atoms with van der Waals surface area (Å²) in [6, 6.07) is 42.2. The van der Waals surface area contributed by atoms with E-state index in [4.69, 9.17) is 24.8 Å². The van der Waals surface area contributed by atoms with Gasteiger partial charge in [0.1, 0.15) is 9.03 Å². The second-order valence-electron chi connectivity index (χ2n) is 8.48. The molecular formula is C30H30N2S4. The van der Waals surface area contributed by atoms with Crippen LogP contribution in [0.1, 0.15) is 22.3 Å². The third-order valence-corrected chi connectivity index (χ3v) is 9.84. The normalized spacial score (nSPS) is 11.8. The molecule has 0 aliphatic carbocycles. The van der Waals surface area contributed by atoms with E-state index >= 15 is 0 Å². The van der Waals surface area contributed by atoms with Crippen LogP contribution in [0.25, 0.3) is 0 Å². The number of benzene rings is 4. The van der Waals surface area contributed by atoms with E-state index in [9.17, 15) is 0 Å². The maximum absolute atomic E-state index is 5.95. The highest BCUT2D eigenvalue weighted by atomic mass is 33.1. The summed E-state index contributed by atoms with van der Waals surface area (Å²) < 4.78 is 0.842. The van der Waals surface area contributed by atoms with Crippen molar-refractivity contribution < 1.29 is 0 Å². The molecule has 4 aromatic rings. The van der Waals surface area contributed by atoms with Gasteiger partial charge >= 0.3 is 0 Å². The van der Waals surface area contributed by atoms with Gasteiger partial charge in [-0.05, 0) is 33.0 Å². The summed E-state index contributed by atoms with van der Waals surface area (Å²) in [7, 11) is 3.34. The quantitative estimate of drug-likeness (QED) is 0.0872. The molecule has 0 aliphatic heterocycles. The van der Waals surface area contributed by atoms with Crippen LogP contribution in [0.2, 0.25) is 0 Å². The highest BCUT2D eigenvalue weighted by Crippen LogP contribution is 2.36. The molecule has 0 aromatic heterocycles. The van der Waals surface area contributed by atoms with Crippen molar-refractivity contribution in [2.75, 3.05) is 0 Å². The SMILES string of the molecule is S=C(SSC(S)N(Cc1ccccc1)Cc1ccccc1)N(Cc1ccccc1)Cc1ccccc1. The maximum Gasteiger partial charge on any atom is 0.147 e. The van der Waals surface area contributed by atoms with Gasteiger partial charge in [-0.3, -0.25) is 4.90 Å². The molecule has 36 heavy (non-hydrogen) atoms. The summed E-state index contributed by atoms with van der Waals surface area (Å²) in [5.74, 6) is 0. The lowest BCUT2D eigenvalue weighted by Crippen LogP contribution is -2.29. The van der Waals surface area contributed by atoms with Gasteiger partial charge in [-0.2, -0.15) is 0 Å². The van der Waals surface area contributed by atoms with Gasteiger partial charge in [-0.15, -0.1) is 12.6 Å². The van der Waals surface area contributed by atoms with E-state index in [2.05, 4.69) is 119 Å². The first-order valence-electron chi connectivity index (χ1n) is 11.9. The van der Waals surface area contributed by atoms with Gasteiger partial charge in [0.15, 0.2) is 0 Å². The smallest absolute Gasteiger partial charge is 0.147 e. The predicted molar refractivity (Wildman–Crippen MR) is 165 cm³/mol. The molecule has 0 fully saturated rings. The van der Waals surface area contributed by atoms with E-state index in [1.165, 1.54) is 22.3 Å². The molecule has 6 heteroatoms. The standard InChI is InChI=1S/C30H30N2S4/c33-29(31(21-25-13-5-1-6-14-25)22-26-15-7-2-8-16-26)35-36-30(34)32(23-27-17-9-3-10-18-27)24-28-19-11-4-12-20-28/h1-20,29,33H,21-24H2. The van der Waals surface area contributed by atoms with E-state index in [1.54, 1.807) is 21.6 Å². The Kier molecular flexibility index (Phi) is 10.8. The fourth-order valence-corrected chi connectivity index (χ4v) is 6.73. The van der Waals surface area contributed by atoms with Gasteiger partial charge in [0.25, 0.3) is 0 Å². The molecule has 1 atom stereocenters. The first-order chi connectivity index (χ1) is 17.7. The number of thiol groups is 1. The van der Waals surface area contributed by atoms with Gasteiger partial charge in [0.05, 0.1) is 0 Å². The molecule has 1 unspecified atom stereocenters. The molecule has 0 heterocycles. The Bertz CT molecular complexity index is 1090. The Morgan fingerprint density at radius 1 is 0.583 bits per heavy atom. The van der Waals surface area contributed by atoms with E-state index in [-0.39, 0.29) is 4.71 Å². The van der Waals surface area contributed by atoms with Crippen LogP contribution >= 0.6 is 46.4 Å². The van der Waals surface area contributed by atoms with Gasteiger partial charge in [0, 0.05) is 26.2 Å². The van der Waals surface area contributed by atoms with Crippen LogP contribution in [-0.2, 0) is 26.2 Å². The zero-order valence-corrected chi connectivity index (χ0v) is 23.4. The van der Waals surface area contributed by atoms with Crippen LogP contribution in [0.3, 0.4) is 0 Å². The minimum absolute atomic E-state index is 0.0244. The number of hydrogen-bond donors (Lipinski definition) is 1. The zero-order chi connectivity index (χ0) is 25.0. The topological polar surface area (TPSA) is 6.48 Å². The second kappa shape index (κ2) is 14.5. The van der Waals surface area contributed by atoms with Crippen molar-refractivity contribution >= 4 is 50.8 Å². The third kappa shape index (κ3) is 8.71. The van der Waals surface area contributed by atoms with Crippen LogP contribution in [-0.4, -0.2) is 18.8 Å². The Morgan fingerprint density at radius 2 is 0.917 bits per heavy atom. The molecule has 0 spiro atoms. The Labute approximate surface area is 233 Å². The van der Waals surface area contributed by atoms with Crippen LogP contribution in [0.15, 0.2) is 121 Å². The summed E-state index contributed by atoms with van der Waals surface area (Å²) in [6.07, 6.45) is 0. The predicted octanol–water partition coefficient (Wildman–Crippen LogP) is 8.27. The summed E-state index contributed by atoms with van der Waals surface area (Å²) in [5.41, 5.74) is 5.04. The largest absolute Gasteiger partial charge is 0.348 e. The fraction of sp³-hybridized carbons (Fsp3) is 0.167. The Hall–Kier alpha value is -2.22. The van der Waals surface area contributed by atoms with Crippen molar-refractivity contribution in [1.82, 2.24) is 9.80 Å².